The van der Waals surface area contributed by atoms with Crippen molar-refractivity contribution in [3.8, 4) is 0 Å². The quantitative estimate of drug-likeness (QED) is 0.264. The predicted molar refractivity (Wildman–Crippen MR) is 76.7 cm³/mol. The molecule has 0 saturated carbocycles. The average Bonchev–Trinajstić information content (AvgIpc) is 2.44. The molecule has 1 amide bonds. The van der Waals surface area contributed by atoms with Crippen molar-refractivity contribution in [2.75, 3.05) is 32.8 Å². The van der Waals surface area contributed by atoms with Crippen LogP contribution in [0.3, 0.4) is 0 Å². The van der Waals surface area contributed by atoms with Gasteiger partial charge in [0.1, 0.15) is 0 Å². The Balaban J connectivity index is 2.45. The maximum Gasteiger partial charge on any atom is 0.231 e. The van der Waals surface area contributed by atoms with Crippen LogP contribution in [0.5, 0.6) is 0 Å². The normalized spacial score (nSPS) is 20.4. The van der Waals surface area contributed by atoms with E-state index in [0.717, 1.165) is 39.3 Å². The van der Waals surface area contributed by atoms with Crippen LogP contribution in [0.2, 0.25) is 0 Å². The molecular formula is C13H26N4O3. The number of amidine groups is 1. The van der Waals surface area contributed by atoms with E-state index in [9.17, 15) is 4.79 Å². The van der Waals surface area contributed by atoms with Crippen molar-refractivity contribution in [1.82, 2.24) is 10.2 Å². The van der Waals surface area contributed by atoms with Gasteiger partial charge >= 0.3 is 0 Å². The number of nitrogens with one attached hydrogen (secondary N) is 1. The van der Waals surface area contributed by atoms with Crippen LogP contribution >= 0.6 is 0 Å². The van der Waals surface area contributed by atoms with Crippen LogP contribution in [0.4, 0.5) is 0 Å². The van der Waals surface area contributed by atoms with Crippen molar-refractivity contribution in [1.29, 1.82) is 0 Å². The van der Waals surface area contributed by atoms with Gasteiger partial charge in [0.25, 0.3) is 0 Å². The van der Waals surface area contributed by atoms with Crippen molar-refractivity contribution >= 4 is 11.7 Å². The fraction of sp³-hybridized carbons (Fsp3) is 0.846. The van der Waals surface area contributed by atoms with Crippen LogP contribution in [0.1, 0.15) is 26.7 Å². The molecule has 7 nitrogen and oxygen atoms in total. The van der Waals surface area contributed by atoms with Crippen molar-refractivity contribution in [2.24, 2.45) is 16.8 Å². The lowest BCUT2D eigenvalue weighted by molar-refractivity contribution is -0.124. The molecule has 1 aliphatic heterocycles. The standard InChI is InChI=1S/C13H26N4O3/c1-3-4-11(12(14)16-19)13(18)15-10(2)9-17-5-7-20-8-6-17/h10-11,19H,3-9H2,1-2H3,(H2,14,16)(H,15,18). The highest BCUT2D eigenvalue weighted by atomic mass is 16.5. The van der Waals surface area contributed by atoms with E-state index in [0.29, 0.717) is 6.42 Å². The number of oxime groups is 1. The molecular weight excluding hydrogens is 260 g/mol. The third-order valence-electron chi connectivity index (χ3n) is 3.39. The SMILES string of the molecule is CCCC(C(=O)NC(C)CN1CCOCC1)C(N)=NO. The van der Waals surface area contributed by atoms with Gasteiger partial charge in [-0.2, -0.15) is 0 Å². The van der Waals surface area contributed by atoms with Gasteiger partial charge in [-0.3, -0.25) is 9.69 Å². The first-order valence-corrected chi connectivity index (χ1v) is 7.16. The average molecular weight is 286 g/mol. The summed E-state index contributed by atoms with van der Waals surface area (Å²) in [5, 5.41) is 14.6. The molecule has 1 rings (SSSR count). The van der Waals surface area contributed by atoms with E-state index in [1.807, 2.05) is 13.8 Å². The van der Waals surface area contributed by atoms with Crippen LogP contribution in [0.15, 0.2) is 5.16 Å². The van der Waals surface area contributed by atoms with Crippen molar-refractivity contribution < 1.29 is 14.7 Å². The molecule has 20 heavy (non-hydrogen) atoms. The van der Waals surface area contributed by atoms with Crippen LogP contribution in [0, 0.1) is 5.92 Å². The lowest BCUT2D eigenvalue weighted by Crippen LogP contribution is -2.48. The summed E-state index contributed by atoms with van der Waals surface area (Å²) in [7, 11) is 0. The van der Waals surface area contributed by atoms with E-state index in [-0.39, 0.29) is 17.8 Å². The Morgan fingerprint density at radius 2 is 2.15 bits per heavy atom. The number of hydrogen-bond donors (Lipinski definition) is 3. The summed E-state index contributed by atoms with van der Waals surface area (Å²) >= 11 is 0. The molecule has 0 spiro atoms. The predicted octanol–water partition coefficient (Wildman–Crippen LogP) is -0.0140. The Hall–Kier alpha value is -1.34. The fourth-order valence-corrected chi connectivity index (χ4v) is 2.33. The zero-order valence-electron chi connectivity index (χ0n) is 12.3. The van der Waals surface area contributed by atoms with Gasteiger partial charge in [0.15, 0.2) is 5.84 Å². The van der Waals surface area contributed by atoms with Gasteiger partial charge in [0.2, 0.25) is 5.91 Å². The maximum atomic E-state index is 12.2. The number of rotatable bonds is 7. The molecule has 7 heteroatoms. The first-order chi connectivity index (χ1) is 9.58. The smallest absolute Gasteiger partial charge is 0.231 e. The minimum Gasteiger partial charge on any atom is -0.409 e. The Bertz CT molecular complexity index is 330. The van der Waals surface area contributed by atoms with Crippen LogP contribution < -0.4 is 11.1 Å². The Labute approximate surface area is 120 Å². The van der Waals surface area contributed by atoms with Gasteiger partial charge in [-0.15, -0.1) is 0 Å². The third kappa shape index (κ3) is 5.34. The van der Waals surface area contributed by atoms with E-state index in [1.165, 1.54) is 0 Å². The molecule has 1 heterocycles. The van der Waals surface area contributed by atoms with Crippen molar-refractivity contribution in [2.45, 2.75) is 32.7 Å². The molecule has 2 atom stereocenters. The zero-order chi connectivity index (χ0) is 15.0. The van der Waals surface area contributed by atoms with Crippen molar-refractivity contribution in [3.63, 3.8) is 0 Å². The van der Waals surface area contributed by atoms with Gasteiger partial charge in [-0.1, -0.05) is 18.5 Å². The second-order valence-electron chi connectivity index (χ2n) is 5.19. The lowest BCUT2D eigenvalue weighted by Gasteiger charge is -2.30. The van der Waals surface area contributed by atoms with Gasteiger partial charge in [-0.05, 0) is 13.3 Å². The zero-order valence-corrected chi connectivity index (χ0v) is 12.3. The number of ether oxygens (including phenoxy) is 1. The van der Waals surface area contributed by atoms with Gasteiger partial charge < -0.3 is 21.0 Å². The highest BCUT2D eigenvalue weighted by Crippen LogP contribution is 2.08. The number of carbonyl (C=O) groups excluding carboxylic acids is 1. The Kier molecular flexibility index (Phi) is 7.32. The highest BCUT2D eigenvalue weighted by Gasteiger charge is 2.24. The molecule has 0 radical (unpaired) electrons. The minimum absolute atomic E-state index is 0.0199. The monoisotopic (exact) mass is 286 g/mol. The summed E-state index contributed by atoms with van der Waals surface area (Å²) in [6, 6.07) is 0.0199. The molecule has 1 fully saturated rings. The minimum atomic E-state index is -0.558. The Morgan fingerprint density at radius 1 is 1.50 bits per heavy atom. The van der Waals surface area contributed by atoms with E-state index in [2.05, 4.69) is 15.4 Å². The third-order valence-corrected chi connectivity index (χ3v) is 3.39. The summed E-state index contributed by atoms with van der Waals surface area (Å²) < 4.78 is 5.29. The molecule has 2 unspecified atom stereocenters. The fourth-order valence-electron chi connectivity index (χ4n) is 2.33. The topological polar surface area (TPSA) is 100 Å². The molecule has 1 saturated heterocycles. The molecule has 0 aromatic heterocycles. The Morgan fingerprint density at radius 3 is 2.70 bits per heavy atom. The number of carbonyl (C=O) groups is 1. The van der Waals surface area contributed by atoms with Crippen molar-refractivity contribution in [3.05, 3.63) is 0 Å². The molecule has 0 bridgehead atoms. The number of amides is 1. The molecule has 0 aromatic carbocycles. The van der Waals surface area contributed by atoms with E-state index >= 15 is 0 Å². The second kappa shape index (κ2) is 8.76. The van der Waals surface area contributed by atoms with Gasteiger partial charge in [-0.25, -0.2) is 0 Å². The molecule has 4 N–H and O–H groups in total. The summed E-state index contributed by atoms with van der Waals surface area (Å²) in [6.07, 6.45) is 1.37. The number of nitrogens with zero attached hydrogens (tertiary/aromatic N) is 2. The maximum absolute atomic E-state index is 12.2. The largest absolute Gasteiger partial charge is 0.409 e. The van der Waals surface area contributed by atoms with Gasteiger partial charge in [0.05, 0.1) is 19.1 Å². The first-order valence-electron chi connectivity index (χ1n) is 7.16. The summed E-state index contributed by atoms with van der Waals surface area (Å²) in [6.45, 7) is 7.96. The summed E-state index contributed by atoms with van der Waals surface area (Å²) in [4.78, 5) is 14.4. The highest BCUT2D eigenvalue weighted by molar-refractivity contribution is 6.02. The number of hydrogen-bond acceptors (Lipinski definition) is 5. The van der Waals surface area contributed by atoms with Crippen LogP contribution in [-0.2, 0) is 9.53 Å². The second-order valence-corrected chi connectivity index (χ2v) is 5.19. The molecule has 0 aliphatic carbocycles. The van der Waals surface area contributed by atoms with E-state index in [4.69, 9.17) is 15.7 Å². The molecule has 116 valence electrons. The molecule has 1 aliphatic rings. The number of morpholine rings is 1. The number of nitrogens with two attached hydrogens (primary N) is 1. The lowest BCUT2D eigenvalue weighted by atomic mass is 10.0. The molecule has 0 aromatic rings. The summed E-state index contributed by atoms with van der Waals surface area (Å²) in [5.74, 6) is -0.761. The van der Waals surface area contributed by atoms with E-state index in [1.54, 1.807) is 0 Å². The van der Waals surface area contributed by atoms with Gasteiger partial charge in [0, 0.05) is 25.7 Å². The van der Waals surface area contributed by atoms with E-state index < -0.39 is 5.92 Å². The summed E-state index contributed by atoms with van der Waals surface area (Å²) in [5.41, 5.74) is 5.58. The van der Waals surface area contributed by atoms with Crippen LogP contribution in [-0.4, -0.2) is 60.7 Å². The first kappa shape index (κ1) is 16.7. The van der Waals surface area contributed by atoms with Crippen LogP contribution in [0.25, 0.3) is 0 Å².